The lowest BCUT2D eigenvalue weighted by Gasteiger charge is -2.24. The first-order valence-electron chi connectivity index (χ1n) is 6.32. The smallest absolute Gasteiger partial charge is 0.0485 e. The molecule has 0 aromatic heterocycles. The Morgan fingerprint density at radius 2 is 2.11 bits per heavy atom. The first-order valence-corrected chi connectivity index (χ1v) is 8.51. The van der Waals surface area contributed by atoms with Gasteiger partial charge in [0.2, 0.25) is 0 Å². The molecule has 0 saturated heterocycles. The van der Waals surface area contributed by atoms with Gasteiger partial charge in [0.05, 0.1) is 0 Å². The minimum Gasteiger partial charge on any atom is -0.383 e. The average molecular weight is 331 g/mol. The van der Waals surface area contributed by atoms with E-state index >= 15 is 0 Å². The summed E-state index contributed by atoms with van der Waals surface area (Å²) in [6, 6.07) is 8.90. The number of anilines is 1. The highest BCUT2D eigenvalue weighted by Crippen LogP contribution is 2.20. The molecule has 102 valence electrons. The second-order valence-electron chi connectivity index (χ2n) is 4.52. The Kier molecular flexibility index (Phi) is 7.79. The molecule has 0 radical (unpaired) electrons. The lowest BCUT2D eigenvalue weighted by atomic mass is 10.2. The molecule has 0 aliphatic rings. The fourth-order valence-corrected chi connectivity index (χ4v) is 2.70. The van der Waals surface area contributed by atoms with E-state index in [1.165, 1.54) is 17.9 Å². The van der Waals surface area contributed by atoms with Gasteiger partial charge in [-0.2, -0.15) is 11.8 Å². The average Bonchev–Trinajstić information content (AvgIpc) is 2.38. The SMILES string of the molecule is CSCCC(C)N(C)CCNc1ccccc1Br. The van der Waals surface area contributed by atoms with Crippen molar-refractivity contribution < 1.29 is 0 Å². The summed E-state index contributed by atoms with van der Waals surface area (Å²) in [6.45, 7) is 4.34. The molecule has 2 nitrogen and oxygen atoms in total. The highest BCUT2D eigenvalue weighted by atomic mass is 79.9. The van der Waals surface area contributed by atoms with Crippen molar-refractivity contribution in [3.8, 4) is 0 Å². The van der Waals surface area contributed by atoms with Crippen molar-refractivity contribution in [2.24, 2.45) is 0 Å². The first-order chi connectivity index (χ1) is 8.65. The van der Waals surface area contributed by atoms with Crippen molar-refractivity contribution in [1.82, 2.24) is 4.90 Å². The second kappa shape index (κ2) is 8.83. The van der Waals surface area contributed by atoms with Gasteiger partial charge in [-0.05, 0) is 60.5 Å². The van der Waals surface area contributed by atoms with Gasteiger partial charge in [0.25, 0.3) is 0 Å². The molecule has 1 aromatic rings. The summed E-state index contributed by atoms with van der Waals surface area (Å²) in [5.74, 6) is 1.24. The number of thioether (sulfide) groups is 1. The molecule has 1 N–H and O–H groups in total. The van der Waals surface area contributed by atoms with Crippen molar-refractivity contribution in [3.05, 3.63) is 28.7 Å². The van der Waals surface area contributed by atoms with Crippen molar-refractivity contribution in [2.75, 3.05) is 37.5 Å². The van der Waals surface area contributed by atoms with Crippen molar-refractivity contribution in [1.29, 1.82) is 0 Å². The summed E-state index contributed by atoms with van der Waals surface area (Å²) in [5, 5.41) is 3.46. The number of para-hydroxylation sites is 1. The van der Waals surface area contributed by atoms with Gasteiger partial charge in [-0.15, -0.1) is 0 Å². The molecule has 0 aliphatic carbocycles. The van der Waals surface area contributed by atoms with Crippen LogP contribution in [0.15, 0.2) is 28.7 Å². The van der Waals surface area contributed by atoms with Gasteiger partial charge in [0, 0.05) is 29.3 Å². The largest absolute Gasteiger partial charge is 0.383 e. The molecule has 0 aliphatic heterocycles. The number of halogens is 1. The molecule has 18 heavy (non-hydrogen) atoms. The second-order valence-corrected chi connectivity index (χ2v) is 6.36. The summed E-state index contributed by atoms with van der Waals surface area (Å²) in [6.07, 6.45) is 3.42. The third-order valence-corrected chi connectivity index (χ3v) is 4.48. The topological polar surface area (TPSA) is 15.3 Å². The van der Waals surface area contributed by atoms with Crippen LogP contribution in [0.3, 0.4) is 0 Å². The monoisotopic (exact) mass is 330 g/mol. The van der Waals surface area contributed by atoms with Crippen LogP contribution in [-0.4, -0.2) is 43.1 Å². The molecule has 4 heteroatoms. The van der Waals surface area contributed by atoms with E-state index < -0.39 is 0 Å². The number of likely N-dealkylation sites (N-methyl/N-ethyl adjacent to an activating group) is 1. The Balaban J connectivity index is 2.27. The Bertz CT molecular complexity index is 346. The normalized spacial score (nSPS) is 12.7. The maximum atomic E-state index is 3.55. The standard InChI is InChI=1S/C14H23BrN2S/c1-12(8-11-18-3)17(2)10-9-16-14-7-5-4-6-13(14)15/h4-7,12,16H,8-11H2,1-3H3. The van der Waals surface area contributed by atoms with Gasteiger partial charge in [-0.3, -0.25) is 0 Å². The van der Waals surface area contributed by atoms with E-state index in [1.54, 1.807) is 0 Å². The molecule has 1 rings (SSSR count). The zero-order valence-corrected chi connectivity index (χ0v) is 13.9. The van der Waals surface area contributed by atoms with Crippen LogP contribution in [0.2, 0.25) is 0 Å². The fourth-order valence-electron chi connectivity index (χ4n) is 1.70. The number of benzene rings is 1. The summed E-state index contributed by atoms with van der Waals surface area (Å²) in [4.78, 5) is 2.42. The van der Waals surface area contributed by atoms with Crippen LogP contribution in [0.5, 0.6) is 0 Å². The molecule has 0 bridgehead atoms. The highest BCUT2D eigenvalue weighted by molar-refractivity contribution is 9.10. The summed E-state index contributed by atoms with van der Waals surface area (Å²) in [7, 11) is 2.20. The number of nitrogens with zero attached hydrogens (tertiary/aromatic N) is 1. The van der Waals surface area contributed by atoms with Crippen LogP contribution >= 0.6 is 27.7 Å². The molecule has 1 aromatic carbocycles. The molecule has 0 fully saturated rings. The minimum absolute atomic E-state index is 0.651. The van der Waals surface area contributed by atoms with E-state index in [0.717, 1.165) is 17.6 Å². The van der Waals surface area contributed by atoms with Crippen LogP contribution < -0.4 is 5.32 Å². The van der Waals surface area contributed by atoms with E-state index in [9.17, 15) is 0 Å². The van der Waals surface area contributed by atoms with Crippen molar-refractivity contribution in [2.45, 2.75) is 19.4 Å². The minimum atomic E-state index is 0.651. The molecule has 0 spiro atoms. The van der Waals surface area contributed by atoms with Crippen molar-refractivity contribution >= 4 is 33.4 Å². The van der Waals surface area contributed by atoms with Crippen LogP contribution in [0.25, 0.3) is 0 Å². The van der Waals surface area contributed by atoms with E-state index in [1.807, 2.05) is 17.8 Å². The Morgan fingerprint density at radius 3 is 2.78 bits per heavy atom. The predicted octanol–water partition coefficient (Wildman–Crippen LogP) is 3.93. The Hall–Kier alpha value is -0.190. The van der Waals surface area contributed by atoms with E-state index in [2.05, 4.69) is 64.6 Å². The van der Waals surface area contributed by atoms with Gasteiger partial charge < -0.3 is 10.2 Å². The number of rotatable bonds is 8. The summed E-state index contributed by atoms with van der Waals surface area (Å²) >= 11 is 5.47. The van der Waals surface area contributed by atoms with Crippen LogP contribution in [0.4, 0.5) is 5.69 Å². The van der Waals surface area contributed by atoms with Gasteiger partial charge in [-0.1, -0.05) is 12.1 Å². The lowest BCUT2D eigenvalue weighted by molar-refractivity contribution is 0.262. The van der Waals surface area contributed by atoms with Gasteiger partial charge in [0.1, 0.15) is 0 Å². The quantitative estimate of drug-likeness (QED) is 0.777. The van der Waals surface area contributed by atoms with Gasteiger partial charge in [-0.25, -0.2) is 0 Å². The number of nitrogens with one attached hydrogen (secondary N) is 1. The van der Waals surface area contributed by atoms with Crippen molar-refractivity contribution in [3.63, 3.8) is 0 Å². The summed E-state index contributed by atoms with van der Waals surface area (Å²) < 4.78 is 1.13. The number of hydrogen-bond acceptors (Lipinski definition) is 3. The fraction of sp³-hybridized carbons (Fsp3) is 0.571. The molecule has 0 heterocycles. The third kappa shape index (κ3) is 5.63. The zero-order valence-electron chi connectivity index (χ0n) is 11.4. The molecule has 0 amide bonds. The lowest BCUT2D eigenvalue weighted by Crippen LogP contribution is -2.33. The molecular weight excluding hydrogens is 308 g/mol. The third-order valence-electron chi connectivity index (χ3n) is 3.15. The number of hydrogen-bond donors (Lipinski definition) is 1. The molecule has 0 saturated carbocycles. The van der Waals surface area contributed by atoms with E-state index in [0.29, 0.717) is 6.04 Å². The Morgan fingerprint density at radius 1 is 1.39 bits per heavy atom. The van der Waals surface area contributed by atoms with E-state index in [4.69, 9.17) is 0 Å². The first kappa shape index (κ1) is 15.9. The summed E-state index contributed by atoms with van der Waals surface area (Å²) in [5.41, 5.74) is 1.17. The predicted molar refractivity (Wildman–Crippen MR) is 87.7 cm³/mol. The molecule has 1 atom stereocenters. The van der Waals surface area contributed by atoms with Crippen LogP contribution in [0.1, 0.15) is 13.3 Å². The van der Waals surface area contributed by atoms with Gasteiger partial charge in [0.15, 0.2) is 0 Å². The zero-order chi connectivity index (χ0) is 13.4. The van der Waals surface area contributed by atoms with Crippen LogP contribution in [0, 0.1) is 0 Å². The van der Waals surface area contributed by atoms with E-state index in [-0.39, 0.29) is 0 Å². The highest BCUT2D eigenvalue weighted by Gasteiger charge is 2.08. The maximum Gasteiger partial charge on any atom is 0.0485 e. The maximum absolute atomic E-state index is 3.55. The Labute approximate surface area is 124 Å². The molecule has 1 unspecified atom stereocenters. The molecular formula is C14H23BrN2S. The van der Waals surface area contributed by atoms with Gasteiger partial charge >= 0.3 is 0 Å². The van der Waals surface area contributed by atoms with Crippen LogP contribution in [-0.2, 0) is 0 Å².